The molecular weight excluding hydrogens is 277 g/mol. The number of rotatable bonds is 3. The van der Waals surface area contributed by atoms with Crippen molar-refractivity contribution in [3.8, 4) is 11.6 Å². The number of hydrogen-bond donors (Lipinski definition) is 2. The minimum absolute atomic E-state index is 0.220. The summed E-state index contributed by atoms with van der Waals surface area (Å²) >= 11 is 12.1. The van der Waals surface area contributed by atoms with Gasteiger partial charge in [0.25, 0.3) is 0 Å². The van der Waals surface area contributed by atoms with E-state index < -0.39 is 0 Å². The summed E-state index contributed by atoms with van der Waals surface area (Å²) in [6, 6.07) is 4.87. The van der Waals surface area contributed by atoms with Gasteiger partial charge in [-0.1, -0.05) is 23.2 Å². The average Bonchev–Trinajstić information content (AvgIpc) is 2.81. The molecule has 1 aromatic carbocycles. The maximum Gasteiger partial charge on any atom is 0.221 e. The second-order valence-corrected chi connectivity index (χ2v) is 4.20. The Labute approximate surface area is 113 Å². The van der Waals surface area contributed by atoms with E-state index in [0.29, 0.717) is 17.3 Å². The first-order valence-corrected chi connectivity index (χ1v) is 5.76. The monoisotopic (exact) mass is 285 g/mol. The second kappa shape index (κ2) is 5.29. The van der Waals surface area contributed by atoms with Crippen LogP contribution in [0.25, 0.3) is 0 Å². The van der Waals surface area contributed by atoms with Crippen molar-refractivity contribution in [2.24, 2.45) is 0 Å². The van der Waals surface area contributed by atoms with Crippen molar-refractivity contribution in [3.05, 3.63) is 34.4 Å². The van der Waals surface area contributed by atoms with E-state index in [2.05, 4.69) is 15.5 Å². The molecule has 0 bridgehead atoms. The number of ether oxygens (including phenoxy) is 1. The van der Waals surface area contributed by atoms with Crippen molar-refractivity contribution in [2.45, 2.75) is 6.92 Å². The van der Waals surface area contributed by atoms with Gasteiger partial charge in [-0.3, -0.25) is 4.79 Å². The van der Waals surface area contributed by atoms with Crippen LogP contribution in [0, 0.1) is 0 Å². The summed E-state index contributed by atoms with van der Waals surface area (Å²) in [7, 11) is 0. The number of nitrogens with one attached hydrogen (secondary N) is 2. The lowest BCUT2D eigenvalue weighted by molar-refractivity contribution is -0.114. The predicted molar refractivity (Wildman–Crippen MR) is 69.4 cm³/mol. The summed E-state index contributed by atoms with van der Waals surface area (Å²) in [6.45, 7) is 1.39. The highest BCUT2D eigenvalue weighted by Gasteiger charge is 2.12. The summed E-state index contributed by atoms with van der Waals surface area (Å²) in [5.74, 6) is 0.593. The van der Waals surface area contributed by atoms with Gasteiger partial charge in [-0.15, -0.1) is 0 Å². The van der Waals surface area contributed by atoms with Crippen LogP contribution in [0.1, 0.15) is 6.92 Å². The van der Waals surface area contributed by atoms with E-state index in [0.717, 1.165) is 0 Å². The highest BCUT2D eigenvalue weighted by atomic mass is 35.5. The molecule has 2 N–H and O–H groups in total. The van der Waals surface area contributed by atoms with Gasteiger partial charge < -0.3 is 10.1 Å². The molecule has 0 spiro atoms. The second-order valence-electron chi connectivity index (χ2n) is 3.44. The number of carbonyl (C=O) groups excluding carboxylic acids is 1. The lowest BCUT2D eigenvalue weighted by atomic mass is 10.3. The SMILES string of the molecule is CC(=O)Nc1ccc(Oc2ccn[nH]2)c(Cl)c1Cl. The van der Waals surface area contributed by atoms with E-state index in [1.54, 1.807) is 24.4 Å². The van der Waals surface area contributed by atoms with Gasteiger partial charge in [0.05, 0.1) is 16.9 Å². The molecule has 0 unspecified atom stereocenters. The predicted octanol–water partition coefficient (Wildman–Crippen LogP) is 3.47. The number of aromatic amines is 1. The molecular formula is C11H9Cl2N3O2. The molecule has 7 heteroatoms. The fourth-order valence-corrected chi connectivity index (χ4v) is 1.72. The van der Waals surface area contributed by atoms with Crippen LogP contribution in [0.4, 0.5) is 5.69 Å². The number of H-pyrrole nitrogens is 1. The summed E-state index contributed by atoms with van der Waals surface area (Å²) < 4.78 is 5.44. The van der Waals surface area contributed by atoms with Crippen molar-refractivity contribution in [1.29, 1.82) is 0 Å². The molecule has 0 aliphatic heterocycles. The van der Waals surface area contributed by atoms with Crippen LogP contribution in [-0.2, 0) is 4.79 Å². The fraction of sp³-hybridized carbons (Fsp3) is 0.0909. The molecule has 0 fully saturated rings. The number of anilines is 1. The lowest BCUT2D eigenvalue weighted by Gasteiger charge is -2.10. The number of carbonyl (C=O) groups is 1. The average molecular weight is 286 g/mol. The zero-order valence-corrected chi connectivity index (χ0v) is 10.8. The number of hydrogen-bond acceptors (Lipinski definition) is 3. The zero-order chi connectivity index (χ0) is 13.1. The number of amides is 1. The number of aromatic nitrogens is 2. The molecule has 0 saturated carbocycles. The molecule has 1 aromatic heterocycles. The van der Waals surface area contributed by atoms with Gasteiger partial charge >= 0.3 is 0 Å². The Morgan fingerprint density at radius 2 is 2.11 bits per heavy atom. The molecule has 5 nitrogen and oxygen atoms in total. The minimum Gasteiger partial charge on any atom is -0.438 e. The normalized spacial score (nSPS) is 10.2. The molecule has 0 aliphatic carbocycles. The summed E-state index contributed by atoms with van der Waals surface area (Å²) in [5, 5.41) is 9.39. The highest BCUT2D eigenvalue weighted by Crippen LogP contribution is 2.39. The van der Waals surface area contributed by atoms with Crippen LogP contribution in [0.15, 0.2) is 24.4 Å². The number of halogens is 2. The Bertz CT molecular complexity index is 570. The Morgan fingerprint density at radius 1 is 1.33 bits per heavy atom. The van der Waals surface area contributed by atoms with Crippen molar-refractivity contribution in [2.75, 3.05) is 5.32 Å². The third-order valence-electron chi connectivity index (χ3n) is 2.05. The van der Waals surface area contributed by atoms with Crippen LogP contribution in [0.2, 0.25) is 10.0 Å². The molecule has 94 valence electrons. The van der Waals surface area contributed by atoms with E-state index in [9.17, 15) is 4.79 Å². The smallest absolute Gasteiger partial charge is 0.221 e. The first kappa shape index (κ1) is 12.7. The fourth-order valence-electron chi connectivity index (χ4n) is 1.32. The third kappa shape index (κ3) is 2.75. The molecule has 18 heavy (non-hydrogen) atoms. The number of benzene rings is 1. The highest BCUT2D eigenvalue weighted by molar-refractivity contribution is 6.44. The quantitative estimate of drug-likeness (QED) is 0.907. The standard InChI is InChI=1S/C11H9Cl2N3O2/c1-6(17)15-7-2-3-8(11(13)10(7)12)18-9-4-5-14-16-9/h2-5H,1H3,(H,14,16)(H,15,17). The van der Waals surface area contributed by atoms with E-state index >= 15 is 0 Å². The van der Waals surface area contributed by atoms with Gasteiger partial charge in [0.1, 0.15) is 10.8 Å². The van der Waals surface area contributed by atoms with Crippen LogP contribution < -0.4 is 10.1 Å². The molecule has 0 radical (unpaired) electrons. The third-order valence-corrected chi connectivity index (χ3v) is 2.92. The van der Waals surface area contributed by atoms with Crippen molar-refractivity contribution >= 4 is 34.8 Å². The molecule has 0 saturated heterocycles. The van der Waals surface area contributed by atoms with Crippen LogP contribution in [0.5, 0.6) is 11.6 Å². The van der Waals surface area contributed by atoms with Gasteiger partial charge in [0.2, 0.25) is 11.8 Å². The summed E-state index contributed by atoms with van der Waals surface area (Å²) in [6.07, 6.45) is 1.55. The largest absolute Gasteiger partial charge is 0.438 e. The van der Waals surface area contributed by atoms with Crippen LogP contribution in [-0.4, -0.2) is 16.1 Å². The van der Waals surface area contributed by atoms with Gasteiger partial charge in [-0.2, -0.15) is 5.10 Å². The Hall–Kier alpha value is -1.72. The Balaban J connectivity index is 2.28. The number of nitrogens with zero attached hydrogens (tertiary/aromatic N) is 1. The van der Waals surface area contributed by atoms with Crippen molar-refractivity contribution in [3.63, 3.8) is 0 Å². The summed E-state index contributed by atoms with van der Waals surface area (Å²) in [4.78, 5) is 11.0. The Morgan fingerprint density at radius 3 is 2.72 bits per heavy atom. The molecule has 1 amide bonds. The van der Waals surface area contributed by atoms with E-state index in [4.69, 9.17) is 27.9 Å². The maximum atomic E-state index is 11.0. The van der Waals surface area contributed by atoms with Gasteiger partial charge in [-0.05, 0) is 12.1 Å². The Kier molecular flexibility index (Phi) is 3.74. The zero-order valence-electron chi connectivity index (χ0n) is 9.33. The molecule has 0 atom stereocenters. The minimum atomic E-state index is -0.227. The van der Waals surface area contributed by atoms with E-state index in [1.807, 2.05) is 0 Å². The first-order valence-electron chi connectivity index (χ1n) is 5.00. The molecule has 2 aromatic rings. The maximum absolute atomic E-state index is 11.0. The van der Waals surface area contributed by atoms with Crippen LogP contribution >= 0.6 is 23.2 Å². The lowest BCUT2D eigenvalue weighted by Crippen LogP contribution is -2.06. The summed E-state index contributed by atoms with van der Waals surface area (Å²) in [5.41, 5.74) is 0.436. The molecule has 1 heterocycles. The first-order chi connectivity index (χ1) is 8.58. The van der Waals surface area contributed by atoms with E-state index in [-0.39, 0.29) is 16.0 Å². The molecule has 2 rings (SSSR count). The van der Waals surface area contributed by atoms with Gasteiger partial charge in [-0.25, -0.2) is 5.10 Å². The van der Waals surface area contributed by atoms with Crippen molar-refractivity contribution < 1.29 is 9.53 Å². The van der Waals surface area contributed by atoms with Crippen molar-refractivity contribution in [1.82, 2.24) is 10.2 Å². The molecule has 0 aliphatic rings. The van der Waals surface area contributed by atoms with Gasteiger partial charge in [0, 0.05) is 13.0 Å². The van der Waals surface area contributed by atoms with E-state index in [1.165, 1.54) is 6.92 Å². The van der Waals surface area contributed by atoms with Crippen LogP contribution in [0.3, 0.4) is 0 Å². The van der Waals surface area contributed by atoms with Gasteiger partial charge in [0.15, 0.2) is 0 Å². The topological polar surface area (TPSA) is 67.0 Å².